The number of nitrogens with zero attached hydrogens (tertiary/aromatic N) is 5. The van der Waals surface area contributed by atoms with Gasteiger partial charge in [-0.25, -0.2) is 9.97 Å². The predicted molar refractivity (Wildman–Crippen MR) is 79.2 cm³/mol. The summed E-state index contributed by atoms with van der Waals surface area (Å²) in [5, 5.41) is 10.1. The first-order valence-corrected chi connectivity index (χ1v) is 6.78. The van der Waals surface area contributed by atoms with Crippen LogP contribution in [0, 0.1) is 0 Å². The Morgan fingerprint density at radius 1 is 1.43 bits per heavy atom. The van der Waals surface area contributed by atoms with E-state index in [-0.39, 0.29) is 12.5 Å². The van der Waals surface area contributed by atoms with Crippen LogP contribution in [0.5, 0.6) is 0 Å². The number of rotatable bonds is 4. The maximum atomic E-state index is 11.5. The van der Waals surface area contributed by atoms with Crippen LogP contribution in [0.15, 0.2) is 18.7 Å². The molecule has 110 valence electrons. The number of hydrogen-bond acceptors (Lipinski definition) is 6. The van der Waals surface area contributed by atoms with Crippen LogP contribution in [0.4, 0.5) is 17.3 Å². The van der Waals surface area contributed by atoms with Gasteiger partial charge in [0, 0.05) is 31.9 Å². The molecule has 0 fully saturated rings. The molecule has 0 aromatic carbocycles. The van der Waals surface area contributed by atoms with Gasteiger partial charge in [0.2, 0.25) is 5.91 Å². The normalized spacial score (nSPS) is 13.3. The highest BCUT2D eigenvalue weighted by atomic mass is 16.2. The Labute approximate surface area is 122 Å². The first-order chi connectivity index (χ1) is 10.2. The van der Waals surface area contributed by atoms with Gasteiger partial charge in [0.15, 0.2) is 11.6 Å². The minimum atomic E-state index is -0.0919. The lowest BCUT2D eigenvalue weighted by Crippen LogP contribution is -2.30. The summed E-state index contributed by atoms with van der Waals surface area (Å²) in [5.41, 5.74) is 1.71. The molecule has 0 bridgehead atoms. The van der Waals surface area contributed by atoms with Gasteiger partial charge in [-0.05, 0) is 6.92 Å². The van der Waals surface area contributed by atoms with Crippen molar-refractivity contribution in [1.82, 2.24) is 19.7 Å². The maximum Gasteiger partial charge on any atom is 0.243 e. The summed E-state index contributed by atoms with van der Waals surface area (Å²) in [7, 11) is 1.92. The molecule has 0 atom stereocenters. The Hall–Kier alpha value is -2.64. The van der Waals surface area contributed by atoms with Crippen molar-refractivity contribution in [1.29, 1.82) is 0 Å². The molecule has 1 amide bonds. The first-order valence-electron chi connectivity index (χ1n) is 6.78. The van der Waals surface area contributed by atoms with Crippen molar-refractivity contribution in [2.45, 2.75) is 20.0 Å². The first kappa shape index (κ1) is 13.3. The highest BCUT2D eigenvalue weighted by Gasteiger charge is 2.21. The molecule has 21 heavy (non-hydrogen) atoms. The summed E-state index contributed by atoms with van der Waals surface area (Å²) in [6, 6.07) is 0. The van der Waals surface area contributed by atoms with Gasteiger partial charge >= 0.3 is 0 Å². The molecule has 1 aliphatic heterocycles. The van der Waals surface area contributed by atoms with Gasteiger partial charge in [-0.1, -0.05) is 0 Å². The topological polar surface area (TPSA) is 88.0 Å². The average Bonchev–Trinajstić information content (AvgIpc) is 2.94. The van der Waals surface area contributed by atoms with E-state index in [0.29, 0.717) is 23.9 Å². The standard InChI is InChI=1S/C13H17N7O/c1-3-20-7-9(4-17-20)6-19(2)13-11-12(15-8-16-13)14-5-10(21)18-11/h4,7-8H,3,5-6H2,1-2H3,(H,18,21)(H,14,15,16). The second kappa shape index (κ2) is 5.39. The molecule has 0 radical (unpaired) electrons. The summed E-state index contributed by atoms with van der Waals surface area (Å²) >= 11 is 0. The minimum absolute atomic E-state index is 0.0919. The van der Waals surface area contributed by atoms with Crippen molar-refractivity contribution in [2.24, 2.45) is 0 Å². The Morgan fingerprint density at radius 2 is 2.29 bits per heavy atom. The Morgan fingerprint density at radius 3 is 3.05 bits per heavy atom. The number of anilines is 3. The van der Waals surface area contributed by atoms with Crippen LogP contribution < -0.4 is 15.5 Å². The van der Waals surface area contributed by atoms with Gasteiger partial charge in [-0.15, -0.1) is 0 Å². The number of carbonyl (C=O) groups excluding carboxylic acids is 1. The van der Waals surface area contributed by atoms with E-state index in [2.05, 4.69) is 25.7 Å². The number of hydrogen-bond donors (Lipinski definition) is 2. The molecule has 0 saturated carbocycles. The van der Waals surface area contributed by atoms with Crippen LogP contribution >= 0.6 is 0 Å². The van der Waals surface area contributed by atoms with E-state index >= 15 is 0 Å². The largest absolute Gasteiger partial charge is 0.359 e. The zero-order valence-corrected chi connectivity index (χ0v) is 12.0. The molecule has 0 aliphatic carbocycles. The Kier molecular flexibility index (Phi) is 3.43. The molecule has 0 unspecified atom stereocenters. The second-order valence-corrected chi connectivity index (χ2v) is 4.88. The summed E-state index contributed by atoms with van der Waals surface area (Å²) < 4.78 is 1.88. The fourth-order valence-electron chi connectivity index (χ4n) is 2.27. The number of aryl methyl sites for hydroxylation is 1. The molecule has 2 N–H and O–H groups in total. The van der Waals surface area contributed by atoms with Crippen molar-refractivity contribution in [2.75, 3.05) is 29.1 Å². The number of nitrogens with one attached hydrogen (secondary N) is 2. The summed E-state index contributed by atoms with van der Waals surface area (Å²) in [6.45, 7) is 3.77. The van der Waals surface area contributed by atoms with Crippen molar-refractivity contribution in [3.05, 3.63) is 24.3 Å². The Balaban J connectivity index is 1.84. The number of amides is 1. The van der Waals surface area contributed by atoms with Crippen LogP contribution in [0.1, 0.15) is 12.5 Å². The molecule has 2 aromatic heterocycles. The predicted octanol–water partition coefficient (Wildman–Crippen LogP) is 0.693. The Bertz CT molecular complexity index is 666. The van der Waals surface area contributed by atoms with E-state index in [1.54, 1.807) is 0 Å². The third-order valence-electron chi connectivity index (χ3n) is 3.30. The molecule has 0 saturated heterocycles. The van der Waals surface area contributed by atoms with Gasteiger partial charge in [-0.2, -0.15) is 5.10 Å². The van der Waals surface area contributed by atoms with Crippen LogP contribution in [-0.2, 0) is 17.9 Å². The molecule has 3 rings (SSSR count). The van der Waals surface area contributed by atoms with E-state index in [1.165, 1.54) is 6.33 Å². The molecule has 2 aromatic rings. The number of fused-ring (bicyclic) bond motifs is 1. The fraction of sp³-hybridized carbons (Fsp3) is 0.385. The lowest BCUT2D eigenvalue weighted by Gasteiger charge is -2.24. The average molecular weight is 287 g/mol. The molecule has 1 aliphatic rings. The molecular weight excluding hydrogens is 270 g/mol. The third-order valence-corrected chi connectivity index (χ3v) is 3.30. The summed E-state index contributed by atoms with van der Waals surface area (Å²) in [4.78, 5) is 21.9. The van der Waals surface area contributed by atoms with Crippen molar-refractivity contribution >= 4 is 23.2 Å². The lowest BCUT2D eigenvalue weighted by molar-refractivity contribution is -0.114. The van der Waals surface area contributed by atoms with Gasteiger partial charge in [0.05, 0.1) is 12.7 Å². The monoisotopic (exact) mass is 287 g/mol. The maximum absolute atomic E-state index is 11.5. The SMILES string of the molecule is CCn1cc(CN(C)c2ncnc3c2NC(=O)CN3)cn1. The highest BCUT2D eigenvalue weighted by Crippen LogP contribution is 2.31. The van der Waals surface area contributed by atoms with Gasteiger partial charge < -0.3 is 15.5 Å². The number of aromatic nitrogens is 4. The van der Waals surface area contributed by atoms with E-state index in [0.717, 1.165) is 12.1 Å². The van der Waals surface area contributed by atoms with Gasteiger partial charge in [0.25, 0.3) is 0 Å². The lowest BCUT2D eigenvalue weighted by atomic mass is 10.3. The van der Waals surface area contributed by atoms with Crippen LogP contribution in [0.3, 0.4) is 0 Å². The van der Waals surface area contributed by atoms with E-state index < -0.39 is 0 Å². The smallest absolute Gasteiger partial charge is 0.243 e. The minimum Gasteiger partial charge on any atom is -0.359 e. The zero-order valence-electron chi connectivity index (χ0n) is 12.0. The molecule has 8 heteroatoms. The van der Waals surface area contributed by atoms with Crippen LogP contribution in [0.25, 0.3) is 0 Å². The van der Waals surface area contributed by atoms with Crippen molar-refractivity contribution in [3.63, 3.8) is 0 Å². The van der Waals surface area contributed by atoms with Gasteiger partial charge in [-0.3, -0.25) is 9.48 Å². The molecule has 3 heterocycles. The fourth-order valence-corrected chi connectivity index (χ4v) is 2.27. The van der Waals surface area contributed by atoms with Crippen molar-refractivity contribution in [3.8, 4) is 0 Å². The summed E-state index contributed by atoms with van der Waals surface area (Å²) in [6.07, 6.45) is 5.33. The molecular formula is C13H17N7O. The quantitative estimate of drug-likeness (QED) is 0.860. The van der Waals surface area contributed by atoms with E-state index in [4.69, 9.17) is 0 Å². The molecule has 8 nitrogen and oxygen atoms in total. The summed E-state index contributed by atoms with van der Waals surface area (Å²) in [5.74, 6) is 1.24. The van der Waals surface area contributed by atoms with Crippen LogP contribution in [-0.4, -0.2) is 39.2 Å². The highest BCUT2D eigenvalue weighted by molar-refractivity contribution is 6.02. The third kappa shape index (κ3) is 2.64. The van der Waals surface area contributed by atoms with E-state index in [1.807, 2.05) is 35.9 Å². The molecule has 0 spiro atoms. The van der Waals surface area contributed by atoms with E-state index in [9.17, 15) is 4.79 Å². The van der Waals surface area contributed by atoms with Crippen LogP contribution in [0.2, 0.25) is 0 Å². The van der Waals surface area contributed by atoms with Gasteiger partial charge in [0.1, 0.15) is 12.0 Å². The number of carbonyl (C=O) groups is 1. The van der Waals surface area contributed by atoms with Crippen molar-refractivity contribution < 1.29 is 4.79 Å². The zero-order chi connectivity index (χ0) is 14.8. The second-order valence-electron chi connectivity index (χ2n) is 4.88.